The number of nitrogens with zero attached hydrogens (tertiary/aromatic N) is 6. The zero-order valence-electron chi connectivity index (χ0n) is 14.1. The highest BCUT2D eigenvalue weighted by atomic mass is 15.3. The highest BCUT2D eigenvalue weighted by Gasteiger charge is 2.25. The van der Waals surface area contributed by atoms with Gasteiger partial charge in [0.15, 0.2) is 5.65 Å². The molecule has 1 unspecified atom stereocenters. The summed E-state index contributed by atoms with van der Waals surface area (Å²) in [5, 5.41) is 6.49. The van der Waals surface area contributed by atoms with Crippen molar-refractivity contribution < 1.29 is 0 Å². The number of hydrogen-bond acceptors (Lipinski definition) is 8. The Balaban J connectivity index is 1.47. The summed E-state index contributed by atoms with van der Waals surface area (Å²) in [6.45, 7) is 1.81. The normalized spacial score (nSPS) is 17.0. The second-order valence-corrected chi connectivity index (χ2v) is 5.98. The summed E-state index contributed by atoms with van der Waals surface area (Å²) in [6.07, 6.45) is 7.22. The summed E-state index contributed by atoms with van der Waals surface area (Å²) in [4.78, 5) is 24.0. The highest BCUT2D eigenvalue weighted by molar-refractivity contribution is 5.71. The van der Waals surface area contributed by atoms with Crippen molar-refractivity contribution in [1.82, 2.24) is 24.9 Å². The fourth-order valence-electron chi connectivity index (χ4n) is 3.17. The van der Waals surface area contributed by atoms with Gasteiger partial charge in [0.25, 0.3) is 0 Å². The van der Waals surface area contributed by atoms with Crippen LogP contribution in [-0.4, -0.2) is 51.1 Å². The first-order chi connectivity index (χ1) is 12.3. The third-order valence-corrected chi connectivity index (χ3v) is 4.43. The van der Waals surface area contributed by atoms with E-state index in [9.17, 15) is 0 Å². The van der Waals surface area contributed by atoms with E-state index in [0.717, 1.165) is 48.9 Å². The number of pyridine rings is 1. The van der Waals surface area contributed by atoms with Gasteiger partial charge >= 0.3 is 0 Å². The molecular formula is C17H20N8. The smallest absolute Gasteiger partial charge is 0.180 e. The second kappa shape index (κ2) is 6.84. The summed E-state index contributed by atoms with van der Waals surface area (Å²) in [5.74, 6) is 2.61. The maximum atomic E-state index is 4.52. The predicted octanol–water partition coefficient (Wildman–Crippen LogP) is 1.94. The number of anilines is 3. The molecule has 2 N–H and O–H groups in total. The maximum Gasteiger partial charge on any atom is 0.180 e. The van der Waals surface area contributed by atoms with Gasteiger partial charge in [0.2, 0.25) is 0 Å². The van der Waals surface area contributed by atoms with E-state index in [2.05, 4.69) is 40.5 Å². The van der Waals surface area contributed by atoms with E-state index in [1.165, 1.54) is 0 Å². The number of fused-ring (bicyclic) bond motifs is 1. The molecule has 0 bridgehead atoms. The Morgan fingerprint density at radius 1 is 1.12 bits per heavy atom. The molecule has 25 heavy (non-hydrogen) atoms. The Hall–Kier alpha value is -3.03. The molecule has 1 aliphatic rings. The van der Waals surface area contributed by atoms with E-state index in [0.29, 0.717) is 11.7 Å². The van der Waals surface area contributed by atoms with Crippen LogP contribution in [0.2, 0.25) is 0 Å². The molecule has 3 aromatic rings. The molecular weight excluding hydrogens is 316 g/mol. The first-order valence-corrected chi connectivity index (χ1v) is 8.41. The maximum absolute atomic E-state index is 4.52. The molecule has 4 heterocycles. The summed E-state index contributed by atoms with van der Waals surface area (Å²) in [7, 11) is 1.86. The van der Waals surface area contributed by atoms with Gasteiger partial charge in [-0.2, -0.15) is 0 Å². The standard InChI is InChI=1S/C17H20N8/c1-18-15-9-16(23-11-22-15)25-8-2-3-12(25)10-21-14-5-4-13-17(24-14)20-7-6-19-13/h4-7,9,11-12H,2-3,8,10H2,1H3,(H,18,22,23)(H,20,21,24). The van der Waals surface area contributed by atoms with Crippen molar-refractivity contribution in [1.29, 1.82) is 0 Å². The fraction of sp³-hybridized carbons (Fsp3) is 0.353. The van der Waals surface area contributed by atoms with Crippen molar-refractivity contribution in [2.24, 2.45) is 0 Å². The molecule has 0 aliphatic carbocycles. The Kier molecular flexibility index (Phi) is 4.24. The van der Waals surface area contributed by atoms with E-state index >= 15 is 0 Å². The zero-order valence-corrected chi connectivity index (χ0v) is 14.1. The van der Waals surface area contributed by atoms with Gasteiger partial charge in [0.05, 0.1) is 0 Å². The van der Waals surface area contributed by atoms with E-state index in [1.807, 2.05) is 25.2 Å². The minimum Gasteiger partial charge on any atom is -0.373 e. The summed E-state index contributed by atoms with van der Waals surface area (Å²) in [6, 6.07) is 6.25. The lowest BCUT2D eigenvalue weighted by Gasteiger charge is -2.26. The minimum atomic E-state index is 0.374. The Labute approximate surface area is 145 Å². The lowest BCUT2D eigenvalue weighted by atomic mass is 10.2. The van der Waals surface area contributed by atoms with E-state index < -0.39 is 0 Å². The molecule has 0 amide bonds. The number of nitrogens with one attached hydrogen (secondary N) is 2. The predicted molar refractivity (Wildman–Crippen MR) is 97.8 cm³/mol. The van der Waals surface area contributed by atoms with Crippen LogP contribution in [0.4, 0.5) is 17.5 Å². The SMILES string of the molecule is CNc1cc(N2CCCC2CNc2ccc3nccnc3n2)ncn1. The van der Waals surface area contributed by atoms with Crippen molar-refractivity contribution in [3.63, 3.8) is 0 Å². The van der Waals surface area contributed by atoms with Crippen molar-refractivity contribution in [3.05, 3.63) is 36.9 Å². The molecule has 128 valence electrons. The Morgan fingerprint density at radius 3 is 2.96 bits per heavy atom. The topological polar surface area (TPSA) is 91.8 Å². The Morgan fingerprint density at radius 2 is 2.04 bits per heavy atom. The van der Waals surface area contributed by atoms with E-state index in [-0.39, 0.29) is 0 Å². The van der Waals surface area contributed by atoms with Crippen molar-refractivity contribution in [2.75, 3.05) is 35.7 Å². The van der Waals surface area contributed by atoms with Gasteiger partial charge in [-0.15, -0.1) is 0 Å². The largest absolute Gasteiger partial charge is 0.373 e. The summed E-state index contributed by atoms with van der Waals surface area (Å²) in [5.41, 5.74) is 1.46. The number of hydrogen-bond donors (Lipinski definition) is 2. The molecule has 0 radical (unpaired) electrons. The first-order valence-electron chi connectivity index (χ1n) is 8.41. The Bertz CT molecular complexity index is 868. The molecule has 4 rings (SSSR count). The van der Waals surface area contributed by atoms with Crippen molar-refractivity contribution in [2.45, 2.75) is 18.9 Å². The van der Waals surface area contributed by atoms with Gasteiger partial charge in [-0.1, -0.05) is 0 Å². The van der Waals surface area contributed by atoms with Gasteiger partial charge in [0.1, 0.15) is 29.3 Å². The lowest BCUT2D eigenvalue weighted by Crippen LogP contribution is -2.35. The van der Waals surface area contributed by atoms with Crippen LogP contribution < -0.4 is 15.5 Å². The second-order valence-electron chi connectivity index (χ2n) is 5.98. The molecule has 1 fully saturated rings. The summed E-state index contributed by atoms with van der Waals surface area (Å²) >= 11 is 0. The van der Waals surface area contributed by atoms with Crippen LogP contribution in [0.15, 0.2) is 36.9 Å². The van der Waals surface area contributed by atoms with Crippen LogP contribution in [0.5, 0.6) is 0 Å². The van der Waals surface area contributed by atoms with Crippen LogP contribution in [0.25, 0.3) is 11.2 Å². The number of aromatic nitrogens is 5. The van der Waals surface area contributed by atoms with Crippen LogP contribution in [0.1, 0.15) is 12.8 Å². The molecule has 3 aromatic heterocycles. The van der Waals surface area contributed by atoms with Crippen LogP contribution >= 0.6 is 0 Å². The van der Waals surface area contributed by atoms with Gasteiger partial charge in [-0.05, 0) is 25.0 Å². The average Bonchev–Trinajstić information content (AvgIpc) is 3.15. The van der Waals surface area contributed by atoms with Crippen LogP contribution in [0, 0.1) is 0 Å². The molecule has 0 saturated carbocycles. The molecule has 0 aromatic carbocycles. The highest BCUT2D eigenvalue weighted by Crippen LogP contribution is 2.25. The molecule has 8 heteroatoms. The average molecular weight is 336 g/mol. The monoisotopic (exact) mass is 336 g/mol. The molecule has 0 spiro atoms. The van der Waals surface area contributed by atoms with Gasteiger partial charge in [-0.25, -0.2) is 19.9 Å². The fourth-order valence-corrected chi connectivity index (χ4v) is 3.17. The van der Waals surface area contributed by atoms with Gasteiger partial charge < -0.3 is 15.5 Å². The van der Waals surface area contributed by atoms with Crippen molar-refractivity contribution in [3.8, 4) is 0 Å². The zero-order chi connectivity index (χ0) is 17.1. The van der Waals surface area contributed by atoms with Crippen LogP contribution in [0.3, 0.4) is 0 Å². The third kappa shape index (κ3) is 3.28. The van der Waals surface area contributed by atoms with E-state index in [4.69, 9.17) is 0 Å². The number of rotatable bonds is 5. The quantitative estimate of drug-likeness (QED) is 0.730. The summed E-state index contributed by atoms with van der Waals surface area (Å²) < 4.78 is 0. The van der Waals surface area contributed by atoms with E-state index in [1.54, 1.807) is 18.7 Å². The molecule has 8 nitrogen and oxygen atoms in total. The van der Waals surface area contributed by atoms with Gasteiger partial charge in [0, 0.05) is 44.6 Å². The third-order valence-electron chi connectivity index (χ3n) is 4.43. The molecule has 1 aliphatic heterocycles. The van der Waals surface area contributed by atoms with Gasteiger partial charge in [-0.3, -0.25) is 4.98 Å². The van der Waals surface area contributed by atoms with Crippen LogP contribution in [-0.2, 0) is 0 Å². The van der Waals surface area contributed by atoms with Crippen molar-refractivity contribution >= 4 is 28.6 Å². The lowest BCUT2D eigenvalue weighted by molar-refractivity contribution is 0.689. The molecule has 1 saturated heterocycles. The minimum absolute atomic E-state index is 0.374. The molecule has 1 atom stereocenters. The first kappa shape index (κ1) is 15.5.